The van der Waals surface area contributed by atoms with Crippen LogP contribution in [0.25, 0.3) is 11.3 Å². The third-order valence-electron chi connectivity index (χ3n) is 2.39. The van der Waals surface area contributed by atoms with E-state index >= 15 is 0 Å². The fourth-order valence-corrected chi connectivity index (χ4v) is 1.98. The lowest BCUT2D eigenvalue weighted by atomic mass is 10.2. The number of rotatable bonds is 6. The number of unbranched alkanes of at least 4 members (excludes halogenated alkanes) is 1. The molecule has 0 amide bonds. The SMILES string of the molecule is CCCC=CC(F)(F)Oc1nsnc1-c1cccnc1. The Morgan fingerprint density at radius 1 is 1.40 bits per heavy atom. The number of nitrogens with zero attached hydrogens (tertiary/aromatic N) is 3. The van der Waals surface area contributed by atoms with Gasteiger partial charge in [-0.1, -0.05) is 19.4 Å². The van der Waals surface area contributed by atoms with Gasteiger partial charge in [0.1, 0.15) is 5.69 Å². The average molecular weight is 297 g/mol. The van der Waals surface area contributed by atoms with Crippen molar-refractivity contribution in [2.45, 2.75) is 25.9 Å². The number of alkyl halides is 2. The zero-order valence-electron chi connectivity index (χ0n) is 10.8. The Morgan fingerprint density at radius 2 is 2.25 bits per heavy atom. The summed E-state index contributed by atoms with van der Waals surface area (Å²) in [4.78, 5) is 3.92. The Hall–Kier alpha value is -1.89. The van der Waals surface area contributed by atoms with Gasteiger partial charge in [0.15, 0.2) is 0 Å². The first-order chi connectivity index (χ1) is 9.62. The molecule has 2 aromatic heterocycles. The van der Waals surface area contributed by atoms with Crippen LogP contribution in [0.5, 0.6) is 5.88 Å². The molecule has 0 aliphatic rings. The van der Waals surface area contributed by atoms with Crippen molar-refractivity contribution in [3.8, 4) is 17.1 Å². The van der Waals surface area contributed by atoms with Crippen LogP contribution >= 0.6 is 11.7 Å². The Bertz CT molecular complexity index is 572. The Balaban J connectivity index is 2.17. The Morgan fingerprint density at radius 3 is 2.95 bits per heavy atom. The minimum Gasteiger partial charge on any atom is -0.408 e. The lowest BCUT2D eigenvalue weighted by molar-refractivity contribution is -0.133. The van der Waals surface area contributed by atoms with E-state index in [-0.39, 0.29) is 11.6 Å². The van der Waals surface area contributed by atoms with E-state index in [1.807, 2.05) is 6.92 Å². The molecule has 0 spiro atoms. The van der Waals surface area contributed by atoms with Gasteiger partial charge in [-0.05, 0) is 18.6 Å². The van der Waals surface area contributed by atoms with Gasteiger partial charge in [-0.2, -0.15) is 13.2 Å². The van der Waals surface area contributed by atoms with Gasteiger partial charge < -0.3 is 4.74 Å². The van der Waals surface area contributed by atoms with Crippen LogP contribution in [0.2, 0.25) is 0 Å². The average Bonchev–Trinajstić information content (AvgIpc) is 2.87. The number of pyridine rings is 1. The van der Waals surface area contributed by atoms with E-state index in [4.69, 9.17) is 0 Å². The zero-order chi connectivity index (χ0) is 14.4. The summed E-state index contributed by atoms with van der Waals surface area (Å²) in [5.41, 5.74) is 0.858. The molecule has 0 N–H and O–H groups in total. The summed E-state index contributed by atoms with van der Waals surface area (Å²) in [7, 11) is 0. The van der Waals surface area contributed by atoms with Gasteiger partial charge in [0.2, 0.25) is 0 Å². The van der Waals surface area contributed by atoms with Gasteiger partial charge in [-0.15, -0.1) is 4.37 Å². The van der Waals surface area contributed by atoms with E-state index in [2.05, 4.69) is 18.5 Å². The smallest absolute Gasteiger partial charge is 0.408 e. The molecule has 0 aromatic carbocycles. The van der Waals surface area contributed by atoms with Gasteiger partial charge in [-0.3, -0.25) is 4.98 Å². The van der Waals surface area contributed by atoms with Crippen LogP contribution in [0.1, 0.15) is 19.8 Å². The number of hydrogen-bond donors (Lipinski definition) is 0. The number of hydrogen-bond acceptors (Lipinski definition) is 5. The standard InChI is InChI=1S/C13H13F2N3OS/c1-2-3-4-7-13(14,15)19-12-11(17-20-18-12)10-6-5-8-16-9-10/h4-9H,2-3H2,1H3. The van der Waals surface area contributed by atoms with E-state index in [1.54, 1.807) is 18.3 Å². The molecule has 0 unspecified atom stereocenters. The number of aromatic nitrogens is 3. The first kappa shape index (κ1) is 14.5. The van der Waals surface area contributed by atoms with E-state index in [0.717, 1.165) is 24.2 Å². The lowest BCUT2D eigenvalue weighted by Gasteiger charge is -2.12. The predicted octanol–water partition coefficient (Wildman–Crippen LogP) is 3.93. The monoisotopic (exact) mass is 297 g/mol. The second-order valence-electron chi connectivity index (χ2n) is 4.01. The highest BCUT2D eigenvalue weighted by Crippen LogP contribution is 2.31. The van der Waals surface area contributed by atoms with Crippen molar-refractivity contribution in [2.24, 2.45) is 0 Å². The molecule has 0 saturated carbocycles. The van der Waals surface area contributed by atoms with Gasteiger partial charge >= 0.3 is 6.11 Å². The Kier molecular flexibility index (Phi) is 4.73. The normalized spacial score (nSPS) is 11.9. The van der Waals surface area contributed by atoms with Crippen molar-refractivity contribution in [3.63, 3.8) is 0 Å². The number of halogens is 2. The van der Waals surface area contributed by atoms with Crippen LogP contribution in [0.4, 0.5) is 8.78 Å². The molecule has 0 atom stereocenters. The molecular weight excluding hydrogens is 284 g/mol. The van der Waals surface area contributed by atoms with Crippen LogP contribution in [0.3, 0.4) is 0 Å². The van der Waals surface area contributed by atoms with E-state index in [0.29, 0.717) is 12.0 Å². The third kappa shape index (κ3) is 3.80. The molecule has 0 aliphatic heterocycles. The largest absolute Gasteiger partial charge is 0.420 e. The van der Waals surface area contributed by atoms with Crippen molar-refractivity contribution < 1.29 is 13.5 Å². The van der Waals surface area contributed by atoms with Gasteiger partial charge in [0.05, 0.1) is 11.7 Å². The first-order valence-corrected chi connectivity index (χ1v) is 6.83. The van der Waals surface area contributed by atoms with Crippen molar-refractivity contribution in [2.75, 3.05) is 0 Å². The van der Waals surface area contributed by atoms with Crippen LogP contribution in [-0.2, 0) is 0 Å². The highest BCUT2D eigenvalue weighted by Gasteiger charge is 2.30. The molecule has 0 radical (unpaired) electrons. The maximum absolute atomic E-state index is 13.6. The van der Waals surface area contributed by atoms with Crippen molar-refractivity contribution in [1.82, 2.24) is 13.7 Å². The molecule has 0 bridgehead atoms. The molecular formula is C13H13F2N3OS. The molecule has 2 heterocycles. The van der Waals surface area contributed by atoms with E-state index < -0.39 is 6.11 Å². The second-order valence-corrected chi connectivity index (χ2v) is 4.54. The van der Waals surface area contributed by atoms with E-state index in [9.17, 15) is 8.78 Å². The summed E-state index contributed by atoms with van der Waals surface area (Å²) in [5, 5.41) is 0. The number of allylic oxidation sites excluding steroid dienone is 1. The second kappa shape index (κ2) is 6.51. The zero-order valence-corrected chi connectivity index (χ0v) is 11.6. The molecule has 2 rings (SSSR count). The van der Waals surface area contributed by atoms with Crippen LogP contribution in [-0.4, -0.2) is 19.8 Å². The topological polar surface area (TPSA) is 47.9 Å². The summed E-state index contributed by atoms with van der Waals surface area (Å²) in [6, 6.07) is 3.40. The summed E-state index contributed by atoms with van der Waals surface area (Å²) >= 11 is 0.820. The minimum absolute atomic E-state index is 0.186. The minimum atomic E-state index is -3.40. The lowest BCUT2D eigenvalue weighted by Crippen LogP contribution is -2.21. The quantitative estimate of drug-likeness (QED) is 0.758. The van der Waals surface area contributed by atoms with Crippen LogP contribution in [0.15, 0.2) is 36.7 Å². The van der Waals surface area contributed by atoms with Gasteiger partial charge in [0.25, 0.3) is 5.88 Å². The van der Waals surface area contributed by atoms with Crippen LogP contribution < -0.4 is 4.74 Å². The van der Waals surface area contributed by atoms with Crippen molar-refractivity contribution in [1.29, 1.82) is 0 Å². The van der Waals surface area contributed by atoms with Crippen LogP contribution in [0, 0.1) is 0 Å². The first-order valence-electron chi connectivity index (χ1n) is 6.10. The summed E-state index contributed by atoms with van der Waals surface area (Å²) in [6.45, 7) is 1.91. The molecule has 2 aromatic rings. The molecule has 0 aliphatic carbocycles. The van der Waals surface area contributed by atoms with Crippen molar-refractivity contribution in [3.05, 3.63) is 36.7 Å². The highest BCUT2D eigenvalue weighted by atomic mass is 32.1. The van der Waals surface area contributed by atoms with Crippen molar-refractivity contribution >= 4 is 11.7 Å². The molecule has 0 fully saturated rings. The fourth-order valence-electron chi connectivity index (χ4n) is 1.48. The summed E-state index contributed by atoms with van der Waals surface area (Å²) in [6.07, 6.45) is 3.21. The summed E-state index contributed by atoms with van der Waals surface area (Å²) in [5.74, 6) is -0.186. The van der Waals surface area contributed by atoms with Gasteiger partial charge in [-0.25, -0.2) is 0 Å². The maximum Gasteiger partial charge on any atom is 0.420 e. The van der Waals surface area contributed by atoms with Gasteiger partial charge in [0, 0.05) is 24.0 Å². The summed E-state index contributed by atoms with van der Waals surface area (Å²) < 4.78 is 39.6. The Labute approximate surface area is 119 Å². The molecule has 0 saturated heterocycles. The molecule has 106 valence electrons. The molecule has 4 nitrogen and oxygen atoms in total. The predicted molar refractivity (Wildman–Crippen MR) is 72.8 cm³/mol. The third-order valence-corrected chi connectivity index (χ3v) is 2.91. The van der Waals surface area contributed by atoms with E-state index in [1.165, 1.54) is 12.3 Å². The highest BCUT2D eigenvalue weighted by molar-refractivity contribution is 6.99. The number of ether oxygens (including phenoxy) is 1. The maximum atomic E-state index is 13.6. The molecule has 7 heteroatoms. The fraction of sp³-hybridized carbons (Fsp3) is 0.308. The molecule has 20 heavy (non-hydrogen) atoms.